The molecule has 0 saturated heterocycles. The number of halogens is 1. The molecule has 0 spiro atoms. The van der Waals surface area contributed by atoms with E-state index in [9.17, 15) is 0 Å². The average Bonchev–Trinajstić information content (AvgIpc) is 2.88. The summed E-state index contributed by atoms with van der Waals surface area (Å²) in [6, 6.07) is 7.78. The molecule has 0 amide bonds. The summed E-state index contributed by atoms with van der Waals surface area (Å²) in [5.41, 5.74) is 2.46. The zero-order valence-corrected chi connectivity index (χ0v) is 11.0. The van der Waals surface area contributed by atoms with E-state index in [1.807, 2.05) is 31.2 Å². The van der Waals surface area contributed by atoms with Gasteiger partial charge >= 0.3 is 0 Å². The van der Waals surface area contributed by atoms with Crippen LogP contribution in [0, 0.1) is 0 Å². The summed E-state index contributed by atoms with van der Waals surface area (Å²) >= 11 is 6.19. The number of nitrogens with one attached hydrogen (secondary N) is 2. The molecular formula is C13H12ClN5. The molecule has 2 aromatic heterocycles. The van der Waals surface area contributed by atoms with E-state index >= 15 is 0 Å². The maximum absolute atomic E-state index is 6.19. The predicted molar refractivity (Wildman–Crippen MR) is 75.2 cm³/mol. The number of H-pyrrole nitrogens is 1. The maximum Gasteiger partial charge on any atom is 0.182 e. The number of aromatic nitrogens is 4. The number of hydrogen-bond acceptors (Lipinski definition) is 4. The first-order valence-electron chi connectivity index (χ1n) is 5.91. The van der Waals surface area contributed by atoms with Gasteiger partial charge in [-0.3, -0.25) is 0 Å². The van der Waals surface area contributed by atoms with Gasteiger partial charge in [-0.15, -0.1) is 0 Å². The number of rotatable bonds is 3. The molecule has 2 heterocycles. The predicted octanol–water partition coefficient (Wildman–Crippen LogP) is 3.18. The lowest BCUT2D eigenvalue weighted by molar-refractivity contribution is 0.875. The van der Waals surface area contributed by atoms with E-state index in [0.29, 0.717) is 5.65 Å². The molecule has 3 aromatic rings. The fourth-order valence-electron chi connectivity index (χ4n) is 1.98. The molecule has 3 rings (SSSR count). The van der Waals surface area contributed by atoms with Crippen LogP contribution in [0.5, 0.6) is 0 Å². The Bertz CT molecular complexity index is 709. The summed E-state index contributed by atoms with van der Waals surface area (Å²) in [5, 5.41) is 4.06. The van der Waals surface area contributed by atoms with Crippen molar-refractivity contribution in [2.45, 2.75) is 13.0 Å². The second-order valence-electron chi connectivity index (χ2n) is 4.21. The topological polar surface area (TPSA) is 66.5 Å². The first-order chi connectivity index (χ1) is 9.25. The van der Waals surface area contributed by atoms with E-state index in [1.165, 1.54) is 6.33 Å². The van der Waals surface area contributed by atoms with E-state index in [0.717, 1.165) is 21.9 Å². The third-order valence-corrected chi connectivity index (χ3v) is 3.29. The molecular weight excluding hydrogens is 262 g/mol. The maximum atomic E-state index is 6.19. The smallest absolute Gasteiger partial charge is 0.182 e. The van der Waals surface area contributed by atoms with Crippen molar-refractivity contribution in [1.29, 1.82) is 0 Å². The summed E-state index contributed by atoms with van der Waals surface area (Å²) in [4.78, 5) is 15.4. The molecule has 1 unspecified atom stereocenters. The van der Waals surface area contributed by atoms with Crippen LogP contribution in [0.3, 0.4) is 0 Å². The average molecular weight is 274 g/mol. The Labute approximate surface area is 115 Å². The van der Waals surface area contributed by atoms with Gasteiger partial charge < -0.3 is 10.3 Å². The van der Waals surface area contributed by atoms with Crippen LogP contribution in [-0.2, 0) is 0 Å². The molecule has 5 nitrogen and oxygen atoms in total. The Morgan fingerprint density at radius 2 is 2.05 bits per heavy atom. The fraction of sp³-hybridized carbons (Fsp3) is 0.154. The minimum Gasteiger partial charge on any atom is -0.362 e. The van der Waals surface area contributed by atoms with E-state index in [2.05, 4.69) is 25.3 Å². The summed E-state index contributed by atoms with van der Waals surface area (Å²) in [7, 11) is 0. The van der Waals surface area contributed by atoms with Gasteiger partial charge in [0.2, 0.25) is 0 Å². The monoisotopic (exact) mass is 273 g/mol. The Morgan fingerprint density at radius 3 is 2.89 bits per heavy atom. The Morgan fingerprint density at radius 1 is 1.21 bits per heavy atom. The van der Waals surface area contributed by atoms with Crippen LogP contribution < -0.4 is 5.32 Å². The minimum atomic E-state index is 0.0371. The first-order valence-corrected chi connectivity index (χ1v) is 6.28. The Balaban J connectivity index is 1.93. The molecule has 19 heavy (non-hydrogen) atoms. The lowest BCUT2D eigenvalue weighted by Crippen LogP contribution is -2.09. The molecule has 0 aliphatic heterocycles. The van der Waals surface area contributed by atoms with Crippen molar-refractivity contribution in [3.8, 4) is 0 Å². The van der Waals surface area contributed by atoms with Crippen molar-refractivity contribution in [2.75, 3.05) is 5.32 Å². The van der Waals surface area contributed by atoms with Gasteiger partial charge in [0.25, 0.3) is 0 Å². The highest BCUT2D eigenvalue weighted by molar-refractivity contribution is 6.31. The van der Waals surface area contributed by atoms with Crippen molar-refractivity contribution in [3.63, 3.8) is 0 Å². The van der Waals surface area contributed by atoms with E-state index < -0.39 is 0 Å². The molecule has 96 valence electrons. The van der Waals surface area contributed by atoms with Gasteiger partial charge in [-0.2, -0.15) is 0 Å². The summed E-state index contributed by atoms with van der Waals surface area (Å²) in [5.74, 6) is 0.718. The molecule has 0 saturated carbocycles. The van der Waals surface area contributed by atoms with Crippen molar-refractivity contribution in [3.05, 3.63) is 47.5 Å². The third-order valence-electron chi connectivity index (χ3n) is 2.95. The highest BCUT2D eigenvalue weighted by Gasteiger charge is 2.12. The first kappa shape index (κ1) is 11.9. The summed E-state index contributed by atoms with van der Waals surface area (Å²) < 4.78 is 0. The second-order valence-corrected chi connectivity index (χ2v) is 4.62. The summed E-state index contributed by atoms with van der Waals surface area (Å²) in [6.07, 6.45) is 3.09. The Kier molecular flexibility index (Phi) is 3.05. The zero-order chi connectivity index (χ0) is 13.2. The molecule has 6 heteroatoms. The lowest BCUT2D eigenvalue weighted by atomic mass is 10.1. The molecule has 0 aliphatic carbocycles. The number of benzene rings is 1. The SMILES string of the molecule is CC(Nc1ncnc2nc[nH]c12)c1ccccc1Cl. The quantitative estimate of drug-likeness (QED) is 0.769. The second kappa shape index (κ2) is 4.85. The van der Waals surface area contributed by atoms with Crippen LogP contribution in [0.4, 0.5) is 5.82 Å². The molecule has 1 atom stereocenters. The molecule has 0 aliphatic rings. The standard InChI is InChI=1S/C13H12ClN5/c1-8(9-4-2-3-5-10(9)14)19-13-11-12(16-6-15-11)17-7-18-13/h2-8H,1H3,(H2,15,16,17,18,19). The van der Waals surface area contributed by atoms with Crippen LogP contribution in [-0.4, -0.2) is 19.9 Å². The van der Waals surface area contributed by atoms with Crippen molar-refractivity contribution in [2.24, 2.45) is 0 Å². The van der Waals surface area contributed by atoms with Gasteiger partial charge in [0.05, 0.1) is 12.4 Å². The fourth-order valence-corrected chi connectivity index (χ4v) is 2.28. The largest absolute Gasteiger partial charge is 0.362 e. The van der Waals surface area contributed by atoms with Crippen LogP contribution >= 0.6 is 11.6 Å². The number of hydrogen-bond donors (Lipinski definition) is 2. The highest BCUT2D eigenvalue weighted by atomic mass is 35.5. The van der Waals surface area contributed by atoms with Gasteiger partial charge in [0.1, 0.15) is 11.8 Å². The van der Waals surface area contributed by atoms with Crippen LogP contribution in [0.1, 0.15) is 18.5 Å². The van der Waals surface area contributed by atoms with E-state index in [4.69, 9.17) is 11.6 Å². The van der Waals surface area contributed by atoms with Gasteiger partial charge in [-0.1, -0.05) is 29.8 Å². The number of anilines is 1. The zero-order valence-electron chi connectivity index (χ0n) is 10.3. The number of imidazole rings is 1. The van der Waals surface area contributed by atoms with Crippen molar-refractivity contribution in [1.82, 2.24) is 19.9 Å². The number of fused-ring (bicyclic) bond motifs is 1. The third kappa shape index (κ3) is 2.24. The van der Waals surface area contributed by atoms with Crippen molar-refractivity contribution >= 4 is 28.6 Å². The molecule has 2 N–H and O–H groups in total. The van der Waals surface area contributed by atoms with Crippen LogP contribution in [0.2, 0.25) is 5.02 Å². The molecule has 1 aromatic carbocycles. The van der Waals surface area contributed by atoms with E-state index in [1.54, 1.807) is 6.33 Å². The number of aromatic amines is 1. The molecule has 0 bridgehead atoms. The van der Waals surface area contributed by atoms with Gasteiger partial charge in [0, 0.05) is 5.02 Å². The van der Waals surface area contributed by atoms with Gasteiger partial charge in [0.15, 0.2) is 11.5 Å². The van der Waals surface area contributed by atoms with Crippen molar-refractivity contribution < 1.29 is 0 Å². The minimum absolute atomic E-state index is 0.0371. The molecule has 0 radical (unpaired) electrons. The normalized spacial score (nSPS) is 12.5. The van der Waals surface area contributed by atoms with Gasteiger partial charge in [-0.25, -0.2) is 15.0 Å². The molecule has 0 fully saturated rings. The summed E-state index contributed by atoms with van der Waals surface area (Å²) in [6.45, 7) is 2.03. The lowest BCUT2D eigenvalue weighted by Gasteiger charge is -2.16. The Hall–Kier alpha value is -2.14. The van der Waals surface area contributed by atoms with Crippen LogP contribution in [0.25, 0.3) is 11.2 Å². The van der Waals surface area contributed by atoms with Gasteiger partial charge in [-0.05, 0) is 18.6 Å². The number of nitrogens with zero attached hydrogens (tertiary/aromatic N) is 3. The van der Waals surface area contributed by atoms with E-state index in [-0.39, 0.29) is 6.04 Å². The van der Waals surface area contributed by atoms with Crippen LogP contribution in [0.15, 0.2) is 36.9 Å². The highest BCUT2D eigenvalue weighted by Crippen LogP contribution is 2.26.